The Bertz CT molecular complexity index is 547. The van der Waals surface area contributed by atoms with Gasteiger partial charge >= 0.3 is 24.8 Å². The second kappa shape index (κ2) is 7.66. The topological polar surface area (TPSA) is 46.5 Å². The Balaban J connectivity index is 0.00000180. The number of hydrogen-bond donors (Lipinski definition) is 1. The summed E-state index contributed by atoms with van der Waals surface area (Å²) >= 11 is 3.15. The van der Waals surface area contributed by atoms with Crippen molar-refractivity contribution in [2.75, 3.05) is 7.11 Å². The summed E-state index contributed by atoms with van der Waals surface area (Å²) < 4.78 is 5.09. The van der Waals surface area contributed by atoms with Gasteiger partial charge in [-0.05, 0) is 34.5 Å². The average Bonchev–Trinajstić information content (AvgIpc) is 2.88. The van der Waals surface area contributed by atoms with Crippen LogP contribution in [0.2, 0.25) is 0 Å². The quantitative estimate of drug-likeness (QED) is 0.655. The standard InChI is InChI=1S/C13H12O3S2.Li.H/c1-16-10-3-2-4-11(12(10)13(14)15)18-8-9-5-6-17-7-9;;/h2-7H,8H2,1H3,(H,14,15);;/q;+1;-1. The minimum Gasteiger partial charge on any atom is -1.00 e. The third kappa shape index (κ3) is 4.05. The van der Waals surface area contributed by atoms with Gasteiger partial charge in [-0.3, -0.25) is 0 Å². The fraction of sp³-hybridized carbons (Fsp3) is 0.154. The van der Waals surface area contributed by atoms with Crippen LogP contribution >= 0.6 is 23.1 Å². The van der Waals surface area contributed by atoms with Crippen LogP contribution in [-0.4, -0.2) is 18.2 Å². The van der Waals surface area contributed by atoms with E-state index in [4.69, 9.17) is 4.74 Å². The second-order valence-electron chi connectivity index (χ2n) is 3.56. The maximum absolute atomic E-state index is 11.3. The average molecular weight is 288 g/mol. The molecule has 1 aromatic carbocycles. The van der Waals surface area contributed by atoms with Crippen molar-refractivity contribution in [3.63, 3.8) is 0 Å². The summed E-state index contributed by atoms with van der Waals surface area (Å²) in [6.45, 7) is 0. The van der Waals surface area contributed by atoms with Crippen LogP contribution in [0.15, 0.2) is 39.9 Å². The molecule has 0 aliphatic rings. The maximum Gasteiger partial charge on any atom is 1.00 e. The Labute approximate surface area is 133 Å². The van der Waals surface area contributed by atoms with Crippen molar-refractivity contribution >= 4 is 29.1 Å². The number of thioether (sulfide) groups is 1. The van der Waals surface area contributed by atoms with Crippen molar-refractivity contribution in [1.29, 1.82) is 0 Å². The van der Waals surface area contributed by atoms with E-state index in [0.29, 0.717) is 5.75 Å². The first-order chi connectivity index (χ1) is 8.72. The van der Waals surface area contributed by atoms with E-state index < -0.39 is 5.97 Å². The molecule has 0 fully saturated rings. The summed E-state index contributed by atoms with van der Waals surface area (Å²) in [7, 11) is 1.48. The van der Waals surface area contributed by atoms with Gasteiger partial charge in [0.05, 0.1) is 7.11 Å². The largest absolute Gasteiger partial charge is 1.00 e. The van der Waals surface area contributed by atoms with E-state index >= 15 is 0 Å². The van der Waals surface area contributed by atoms with Gasteiger partial charge in [-0.15, -0.1) is 11.8 Å². The Hall–Kier alpha value is -0.863. The van der Waals surface area contributed by atoms with Crippen LogP contribution < -0.4 is 23.6 Å². The number of carboxylic acids is 1. The van der Waals surface area contributed by atoms with Gasteiger partial charge in [-0.2, -0.15) is 11.3 Å². The fourth-order valence-corrected chi connectivity index (χ4v) is 3.33. The fourth-order valence-electron chi connectivity index (χ4n) is 1.55. The Kier molecular flexibility index (Phi) is 6.53. The molecule has 96 valence electrons. The second-order valence-corrected chi connectivity index (χ2v) is 5.36. The van der Waals surface area contributed by atoms with Crippen LogP contribution in [0, 0.1) is 0 Å². The van der Waals surface area contributed by atoms with Crippen LogP contribution in [0.3, 0.4) is 0 Å². The predicted molar refractivity (Wildman–Crippen MR) is 74.9 cm³/mol. The molecule has 0 saturated heterocycles. The third-order valence-corrected chi connectivity index (χ3v) is 4.26. The van der Waals surface area contributed by atoms with Crippen molar-refractivity contribution in [3.05, 3.63) is 46.2 Å². The van der Waals surface area contributed by atoms with E-state index in [9.17, 15) is 9.90 Å². The third-order valence-electron chi connectivity index (χ3n) is 2.40. The number of carbonyl (C=O) groups is 1. The molecular formula is C13H13LiO3S2. The van der Waals surface area contributed by atoms with E-state index in [1.807, 2.05) is 17.5 Å². The number of hydrogen-bond acceptors (Lipinski definition) is 4. The van der Waals surface area contributed by atoms with Gasteiger partial charge in [0.15, 0.2) is 0 Å². The first-order valence-electron chi connectivity index (χ1n) is 5.26. The molecule has 0 amide bonds. The smallest absolute Gasteiger partial charge is 1.00 e. The number of methoxy groups -OCH3 is 1. The molecule has 0 aliphatic carbocycles. The first-order valence-corrected chi connectivity index (χ1v) is 7.19. The summed E-state index contributed by atoms with van der Waals surface area (Å²) in [5.74, 6) is 0.204. The molecule has 0 atom stereocenters. The van der Waals surface area contributed by atoms with Crippen LogP contribution in [0.5, 0.6) is 5.75 Å². The summed E-state index contributed by atoms with van der Waals surface area (Å²) in [6, 6.07) is 7.32. The molecule has 0 unspecified atom stereocenters. The van der Waals surface area contributed by atoms with Gasteiger partial charge in [-0.25, -0.2) is 4.79 Å². The van der Waals surface area contributed by atoms with Crippen LogP contribution in [0.4, 0.5) is 0 Å². The number of aromatic carboxylic acids is 1. The zero-order valence-electron chi connectivity index (χ0n) is 11.8. The molecule has 0 aliphatic heterocycles. The Morgan fingerprint density at radius 1 is 1.47 bits per heavy atom. The SMILES string of the molecule is COc1cccc(SCc2ccsc2)c1C(=O)O.[H-].[Li+]. The van der Waals surface area contributed by atoms with Crippen LogP contribution in [-0.2, 0) is 5.75 Å². The van der Waals surface area contributed by atoms with Gasteiger partial charge in [0.2, 0.25) is 0 Å². The Morgan fingerprint density at radius 3 is 2.84 bits per heavy atom. The van der Waals surface area contributed by atoms with E-state index in [-0.39, 0.29) is 25.9 Å². The number of rotatable bonds is 5. The number of thiophene rings is 1. The van der Waals surface area contributed by atoms with E-state index in [1.54, 1.807) is 23.5 Å². The van der Waals surface area contributed by atoms with Crippen molar-refractivity contribution in [3.8, 4) is 5.75 Å². The summed E-state index contributed by atoms with van der Waals surface area (Å²) in [5.41, 5.74) is 1.43. The van der Waals surface area contributed by atoms with Crippen molar-refractivity contribution < 1.29 is 34.9 Å². The summed E-state index contributed by atoms with van der Waals surface area (Å²) in [4.78, 5) is 12.0. The molecule has 1 N–H and O–H groups in total. The molecule has 0 bridgehead atoms. The molecule has 0 saturated carbocycles. The molecule has 1 aromatic heterocycles. The first kappa shape index (κ1) is 16.2. The monoisotopic (exact) mass is 288 g/mol. The number of carboxylic acid groups (broad SMARTS) is 1. The van der Waals surface area contributed by atoms with Crippen LogP contribution in [0.25, 0.3) is 0 Å². The molecular weight excluding hydrogens is 275 g/mol. The molecule has 19 heavy (non-hydrogen) atoms. The normalized spacial score (nSPS) is 9.74. The van der Waals surface area contributed by atoms with E-state index in [1.165, 1.54) is 24.4 Å². The van der Waals surface area contributed by atoms with Crippen molar-refractivity contribution in [1.82, 2.24) is 0 Å². The molecule has 0 radical (unpaired) electrons. The van der Waals surface area contributed by atoms with E-state index in [0.717, 1.165) is 10.6 Å². The van der Waals surface area contributed by atoms with Gasteiger partial charge < -0.3 is 11.3 Å². The van der Waals surface area contributed by atoms with E-state index in [2.05, 4.69) is 5.38 Å². The van der Waals surface area contributed by atoms with Gasteiger partial charge in [0.25, 0.3) is 0 Å². The minimum atomic E-state index is -0.958. The molecule has 2 aromatic rings. The van der Waals surface area contributed by atoms with Crippen molar-refractivity contribution in [2.24, 2.45) is 0 Å². The zero-order chi connectivity index (χ0) is 13.0. The zero-order valence-corrected chi connectivity index (χ0v) is 12.4. The minimum absolute atomic E-state index is 0. The maximum atomic E-state index is 11.3. The molecule has 2 rings (SSSR count). The molecule has 3 nitrogen and oxygen atoms in total. The molecule has 6 heteroatoms. The summed E-state index contributed by atoms with van der Waals surface area (Å²) in [5, 5.41) is 13.3. The van der Waals surface area contributed by atoms with Crippen molar-refractivity contribution in [2.45, 2.75) is 10.6 Å². The molecule has 0 spiro atoms. The van der Waals surface area contributed by atoms with Gasteiger partial charge in [0.1, 0.15) is 11.3 Å². The Morgan fingerprint density at radius 2 is 2.26 bits per heavy atom. The molecule has 1 heterocycles. The van der Waals surface area contributed by atoms with Crippen LogP contribution in [0.1, 0.15) is 17.3 Å². The van der Waals surface area contributed by atoms with Gasteiger partial charge in [-0.1, -0.05) is 6.07 Å². The van der Waals surface area contributed by atoms with Gasteiger partial charge in [0, 0.05) is 10.6 Å². The predicted octanol–water partition coefficient (Wildman–Crippen LogP) is 0.864. The number of ether oxygens (including phenoxy) is 1. The summed E-state index contributed by atoms with van der Waals surface area (Å²) in [6.07, 6.45) is 0. The number of benzene rings is 1.